The van der Waals surface area contributed by atoms with E-state index in [1.54, 1.807) is 19.1 Å². The Balaban J connectivity index is 2.15. The molecule has 0 spiro atoms. The summed E-state index contributed by atoms with van der Waals surface area (Å²) in [5, 5.41) is 12.0. The topological polar surface area (TPSA) is 79.5 Å². The Morgan fingerprint density at radius 3 is 2.36 bits per heavy atom. The molecule has 2 N–H and O–H groups in total. The van der Waals surface area contributed by atoms with Gasteiger partial charge in [-0.05, 0) is 30.0 Å². The Kier molecular flexibility index (Phi) is 5.96. The van der Waals surface area contributed by atoms with E-state index in [0.717, 1.165) is 5.56 Å². The molecule has 0 aliphatic carbocycles. The molecule has 1 atom stereocenters. The zero-order chi connectivity index (χ0) is 18.6. The highest BCUT2D eigenvalue weighted by Gasteiger charge is 2.23. The van der Waals surface area contributed by atoms with Crippen molar-refractivity contribution in [2.75, 3.05) is 0 Å². The molecule has 1 heterocycles. The molecule has 0 fully saturated rings. The molecule has 6 heteroatoms. The van der Waals surface area contributed by atoms with Gasteiger partial charge in [-0.25, -0.2) is 9.18 Å². The van der Waals surface area contributed by atoms with Crippen LogP contribution in [0.5, 0.6) is 0 Å². The maximum Gasteiger partial charge on any atom is 0.339 e. The molecule has 5 nitrogen and oxygen atoms in total. The van der Waals surface area contributed by atoms with Crippen LogP contribution in [-0.2, 0) is 12.8 Å². The number of carboxylic acid groups (broad SMARTS) is 1. The van der Waals surface area contributed by atoms with Gasteiger partial charge in [0.15, 0.2) is 5.76 Å². The third kappa shape index (κ3) is 4.68. The Labute approximate surface area is 145 Å². The van der Waals surface area contributed by atoms with Crippen molar-refractivity contribution >= 4 is 11.9 Å². The van der Waals surface area contributed by atoms with Crippen LogP contribution in [0.1, 0.15) is 53.0 Å². The van der Waals surface area contributed by atoms with E-state index in [1.807, 2.05) is 13.8 Å². The van der Waals surface area contributed by atoms with Crippen molar-refractivity contribution in [3.05, 3.63) is 58.8 Å². The zero-order valence-electron chi connectivity index (χ0n) is 14.5. The minimum atomic E-state index is -1.12. The maximum atomic E-state index is 13.0. The fourth-order valence-electron chi connectivity index (χ4n) is 2.55. The summed E-state index contributed by atoms with van der Waals surface area (Å²) in [6.45, 7) is 5.70. The highest BCUT2D eigenvalue weighted by Crippen LogP contribution is 2.18. The smallest absolute Gasteiger partial charge is 0.339 e. The van der Waals surface area contributed by atoms with E-state index in [0.29, 0.717) is 12.8 Å². The predicted octanol–water partition coefficient (Wildman–Crippen LogP) is 3.68. The lowest BCUT2D eigenvalue weighted by Gasteiger charge is -2.22. The number of furan rings is 1. The summed E-state index contributed by atoms with van der Waals surface area (Å²) in [4.78, 5) is 23.6. The van der Waals surface area contributed by atoms with Gasteiger partial charge in [-0.15, -0.1) is 0 Å². The second-order valence-electron chi connectivity index (χ2n) is 6.26. The molecule has 0 saturated carbocycles. The van der Waals surface area contributed by atoms with Gasteiger partial charge in [0.1, 0.15) is 17.1 Å². The third-order valence-corrected chi connectivity index (χ3v) is 4.07. The zero-order valence-corrected chi connectivity index (χ0v) is 14.5. The van der Waals surface area contributed by atoms with E-state index in [2.05, 4.69) is 5.32 Å². The molecule has 1 unspecified atom stereocenters. The van der Waals surface area contributed by atoms with Crippen LogP contribution in [0.3, 0.4) is 0 Å². The average Bonchev–Trinajstić information content (AvgIpc) is 3.00. The molecule has 2 aromatic rings. The number of amides is 1. The van der Waals surface area contributed by atoms with E-state index in [4.69, 9.17) is 9.52 Å². The summed E-state index contributed by atoms with van der Waals surface area (Å²) in [5.74, 6) is -1.49. The van der Waals surface area contributed by atoms with Crippen molar-refractivity contribution < 1.29 is 23.5 Å². The first-order chi connectivity index (χ1) is 11.8. The number of aryl methyl sites for hydroxylation is 1. The Bertz CT molecular complexity index is 749. The van der Waals surface area contributed by atoms with Crippen LogP contribution in [0.2, 0.25) is 0 Å². The molecule has 134 valence electrons. The van der Waals surface area contributed by atoms with Crippen molar-refractivity contribution in [1.29, 1.82) is 0 Å². The van der Waals surface area contributed by atoms with Crippen molar-refractivity contribution in [3.8, 4) is 0 Å². The minimum absolute atomic E-state index is 0.00674. The van der Waals surface area contributed by atoms with E-state index in [-0.39, 0.29) is 34.9 Å². The molecule has 0 aliphatic heterocycles. The molecular formula is C19H22FNO4. The molecular weight excluding hydrogens is 325 g/mol. The number of benzene rings is 1. The van der Waals surface area contributed by atoms with Crippen LogP contribution in [0.25, 0.3) is 0 Å². The maximum absolute atomic E-state index is 13.0. The van der Waals surface area contributed by atoms with E-state index in [9.17, 15) is 14.0 Å². The lowest BCUT2D eigenvalue weighted by atomic mass is 9.96. The van der Waals surface area contributed by atoms with Gasteiger partial charge in [0.2, 0.25) is 0 Å². The van der Waals surface area contributed by atoms with Gasteiger partial charge in [-0.2, -0.15) is 0 Å². The molecule has 2 rings (SSSR count). The largest absolute Gasteiger partial charge is 0.478 e. The fraction of sp³-hybridized carbons (Fsp3) is 0.368. The lowest BCUT2D eigenvalue weighted by molar-refractivity contribution is 0.0694. The minimum Gasteiger partial charge on any atom is -0.478 e. The van der Waals surface area contributed by atoms with Gasteiger partial charge in [0.05, 0.1) is 0 Å². The second kappa shape index (κ2) is 7.96. The normalized spacial score (nSPS) is 12.2. The number of nitrogens with one attached hydrogen (secondary N) is 1. The van der Waals surface area contributed by atoms with Gasteiger partial charge < -0.3 is 14.8 Å². The fourth-order valence-corrected chi connectivity index (χ4v) is 2.55. The molecule has 1 aromatic heterocycles. The molecule has 0 aliphatic rings. The number of hydrogen-bond donors (Lipinski definition) is 2. The quantitative estimate of drug-likeness (QED) is 0.801. The Morgan fingerprint density at radius 2 is 1.88 bits per heavy atom. The first-order valence-electron chi connectivity index (χ1n) is 8.23. The third-order valence-electron chi connectivity index (χ3n) is 4.07. The van der Waals surface area contributed by atoms with Crippen LogP contribution >= 0.6 is 0 Å². The monoisotopic (exact) mass is 347 g/mol. The van der Waals surface area contributed by atoms with Gasteiger partial charge in [-0.1, -0.05) is 32.9 Å². The first kappa shape index (κ1) is 18.7. The molecule has 0 bridgehead atoms. The van der Waals surface area contributed by atoms with Gasteiger partial charge in [-0.3, -0.25) is 4.79 Å². The van der Waals surface area contributed by atoms with Gasteiger partial charge >= 0.3 is 5.97 Å². The molecule has 0 saturated heterocycles. The Morgan fingerprint density at radius 1 is 1.24 bits per heavy atom. The molecule has 1 aromatic carbocycles. The van der Waals surface area contributed by atoms with E-state index >= 15 is 0 Å². The van der Waals surface area contributed by atoms with Crippen LogP contribution in [0, 0.1) is 11.7 Å². The Hall–Kier alpha value is -2.63. The predicted molar refractivity (Wildman–Crippen MR) is 91.2 cm³/mol. The molecule has 1 amide bonds. The van der Waals surface area contributed by atoms with Gasteiger partial charge in [0, 0.05) is 18.5 Å². The lowest BCUT2D eigenvalue weighted by Crippen LogP contribution is -2.40. The number of carbonyl (C=O) groups excluding carboxylic acids is 1. The number of carbonyl (C=O) groups is 2. The van der Waals surface area contributed by atoms with Crippen LogP contribution in [0.4, 0.5) is 4.39 Å². The highest BCUT2D eigenvalue weighted by molar-refractivity contribution is 5.96. The highest BCUT2D eigenvalue weighted by atomic mass is 19.1. The van der Waals surface area contributed by atoms with Crippen molar-refractivity contribution in [1.82, 2.24) is 5.32 Å². The SMILES string of the molecule is CCc1oc(C(=O)NC(Cc2ccc(F)cc2)C(C)C)cc1C(=O)O. The van der Waals surface area contributed by atoms with Gasteiger partial charge in [0.25, 0.3) is 5.91 Å². The summed E-state index contributed by atoms with van der Waals surface area (Å²) < 4.78 is 18.4. The van der Waals surface area contributed by atoms with Crippen molar-refractivity contribution in [3.63, 3.8) is 0 Å². The summed E-state index contributed by atoms with van der Waals surface area (Å²) in [6.07, 6.45) is 0.926. The number of hydrogen-bond acceptors (Lipinski definition) is 3. The molecule has 25 heavy (non-hydrogen) atoms. The van der Waals surface area contributed by atoms with Crippen LogP contribution < -0.4 is 5.32 Å². The van der Waals surface area contributed by atoms with Crippen LogP contribution in [0.15, 0.2) is 34.7 Å². The van der Waals surface area contributed by atoms with Crippen molar-refractivity contribution in [2.24, 2.45) is 5.92 Å². The summed E-state index contributed by atoms with van der Waals surface area (Å²) in [7, 11) is 0. The number of rotatable bonds is 7. The van der Waals surface area contributed by atoms with E-state index in [1.165, 1.54) is 18.2 Å². The summed E-state index contributed by atoms with van der Waals surface area (Å²) in [6, 6.07) is 7.19. The number of carboxylic acids is 1. The van der Waals surface area contributed by atoms with Crippen molar-refractivity contribution in [2.45, 2.75) is 39.7 Å². The standard InChI is InChI=1S/C19H22FNO4/c1-4-16-14(19(23)24)10-17(25-16)18(22)21-15(11(2)3)9-12-5-7-13(20)8-6-12/h5-8,10-11,15H,4,9H2,1-3H3,(H,21,22)(H,23,24). The van der Waals surface area contributed by atoms with Crippen LogP contribution in [-0.4, -0.2) is 23.0 Å². The number of halogens is 1. The summed E-state index contributed by atoms with van der Waals surface area (Å²) in [5.41, 5.74) is 0.910. The second-order valence-corrected chi connectivity index (χ2v) is 6.26. The molecule has 0 radical (unpaired) electrons. The average molecular weight is 347 g/mol. The summed E-state index contributed by atoms with van der Waals surface area (Å²) >= 11 is 0. The first-order valence-corrected chi connectivity index (χ1v) is 8.23. The van der Waals surface area contributed by atoms with E-state index < -0.39 is 11.9 Å². The number of aromatic carboxylic acids is 1.